The van der Waals surface area contributed by atoms with Crippen LogP contribution in [0.3, 0.4) is 0 Å². The van der Waals surface area contributed by atoms with Gasteiger partial charge in [0.05, 0.1) is 22.0 Å². The first-order valence-electron chi connectivity index (χ1n) is 12.1. The number of aromatic carboxylic acids is 1. The molecule has 2 amide bonds. The SMILES string of the molecule is Cc1ccc(NC(=O)Nc2cc(-c3cccc(Cl)c3C(=O)O)ccc2N(CC(C)C)CC(C)C)cc1. The molecule has 0 radical (unpaired) electrons. The van der Waals surface area contributed by atoms with Gasteiger partial charge in [0.1, 0.15) is 0 Å². The third kappa shape index (κ3) is 7.01. The van der Waals surface area contributed by atoms with Crippen molar-refractivity contribution in [2.24, 2.45) is 11.8 Å². The van der Waals surface area contributed by atoms with Gasteiger partial charge in [0.25, 0.3) is 0 Å². The molecule has 0 heterocycles. The van der Waals surface area contributed by atoms with Crippen molar-refractivity contribution < 1.29 is 14.7 Å². The Hall–Kier alpha value is -3.51. The lowest BCUT2D eigenvalue weighted by atomic mass is 9.98. The normalized spacial score (nSPS) is 11.0. The summed E-state index contributed by atoms with van der Waals surface area (Å²) in [6.07, 6.45) is 0. The molecule has 0 aromatic heterocycles. The van der Waals surface area contributed by atoms with Crippen LogP contribution in [0.25, 0.3) is 11.1 Å². The number of carboxylic acid groups (broad SMARTS) is 1. The molecule has 0 saturated heterocycles. The summed E-state index contributed by atoms with van der Waals surface area (Å²) in [4.78, 5) is 27.2. The van der Waals surface area contributed by atoms with Gasteiger partial charge in [-0.05, 0) is 60.2 Å². The Morgan fingerprint density at radius 3 is 2.14 bits per heavy atom. The lowest BCUT2D eigenvalue weighted by Gasteiger charge is -2.31. The number of carboxylic acids is 1. The highest BCUT2D eigenvalue weighted by atomic mass is 35.5. The number of urea groups is 1. The largest absolute Gasteiger partial charge is 0.478 e. The monoisotopic (exact) mass is 507 g/mol. The molecule has 0 bridgehead atoms. The quantitative estimate of drug-likeness (QED) is 0.276. The topological polar surface area (TPSA) is 81.7 Å². The van der Waals surface area contributed by atoms with Crippen LogP contribution in [0.4, 0.5) is 21.9 Å². The molecule has 3 aromatic rings. The molecule has 6 nitrogen and oxygen atoms in total. The minimum absolute atomic E-state index is 0.0307. The summed E-state index contributed by atoms with van der Waals surface area (Å²) in [5.74, 6) is -0.291. The fourth-order valence-corrected chi connectivity index (χ4v) is 4.39. The molecular weight excluding hydrogens is 474 g/mol. The van der Waals surface area contributed by atoms with Gasteiger partial charge in [-0.1, -0.05) is 75.2 Å². The van der Waals surface area contributed by atoms with Gasteiger partial charge in [-0.2, -0.15) is 0 Å². The van der Waals surface area contributed by atoms with Crippen molar-refractivity contribution in [2.75, 3.05) is 28.6 Å². The second-order valence-electron chi connectivity index (χ2n) is 9.84. The predicted molar refractivity (Wildman–Crippen MR) is 150 cm³/mol. The number of carbonyl (C=O) groups is 2. The van der Waals surface area contributed by atoms with Gasteiger partial charge in [0.2, 0.25) is 0 Å². The number of benzene rings is 3. The van der Waals surface area contributed by atoms with Crippen LogP contribution in [0.5, 0.6) is 0 Å². The molecule has 36 heavy (non-hydrogen) atoms. The molecule has 3 aromatic carbocycles. The lowest BCUT2D eigenvalue weighted by molar-refractivity contribution is 0.0698. The molecule has 0 aliphatic heterocycles. The van der Waals surface area contributed by atoms with Crippen LogP contribution >= 0.6 is 11.6 Å². The number of halogens is 1. The third-order valence-corrected chi connectivity index (χ3v) is 5.92. The standard InChI is InChI=1S/C29H34ClN3O3/c1-18(2)16-33(17-19(3)4)26-14-11-21(23-7-6-8-24(30)27(23)28(34)35)15-25(26)32-29(36)31-22-12-9-20(5)10-13-22/h6-15,18-19H,16-17H2,1-5H3,(H,34,35)(H2,31,32,36). The Kier molecular flexibility index (Phi) is 8.99. The first kappa shape index (κ1) is 27.1. The maximum absolute atomic E-state index is 13.0. The van der Waals surface area contributed by atoms with Gasteiger partial charge >= 0.3 is 12.0 Å². The maximum Gasteiger partial charge on any atom is 0.337 e. The predicted octanol–water partition coefficient (Wildman–Crippen LogP) is 7.78. The molecule has 0 aliphatic rings. The highest BCUT2D eigenvalue weighted by Gasteiger charge is 2.20. The van der Waals surface area contributed by atoms with E-state index in [4.69, 9.17) is 11.6 Å². The second-order valence-corrected chi connectivity index (χ2v) is 10.2. The Balaban J connectivity index is 2.06. The zero-order chi connectivity index (χ0) is 26.4. The summed E-state index contributed by atoms with van der Waals surface area (Å²) in [6.45, 7) is 12.2. The number of hydrogen-bond donors (Lipinski definition) is 3. The van der Waals surface area contributed by atoms with Crippen LogP contribution in [-0.4, -0.2) is 30.2 Å². The number of aryl methyl sites for hydroxylation is 1. The van der Waals surface area contributed by atoms with E-state index in [-0.39, 0.29) is 16.6 Å². The van der Waals surface area contributed by atoms with Gasteiger partial charge in [-0.15, -0.1) is 0 Å². The average molecular weight is 508 g/mol. The molecule has 3 rings (SSSR count). The highest BCUT2D eigenvalue weighted by Crippen LogP contribution is 2.36. The first-order chi connectivity index (χ1) is 17.0. The number of carbonyl (C=O) groups excluding carboxylic acids is 1. The van der Waals surface area contributed by atoms with Crippen molar-refractivity contribution in [1.82, 2.24) is 0 Å². The van der Waals surface area contributed by atoms with Crippen LogP contribution in [-0.2, 0) is 0 Å². The van der Waals surface area contributed by atoms with E-state index >= 15 is 0 Å². The molecule has 190 valence electrons. The number of amides is 2. The van der Waals surface area contributed by atoms with E-state index in [1.165, 1.54) is 0 Å². The lowest BCUT2D eigenvalue weighted by Crippen LogP contribution is -2.32. The summed E-state index contributed by atoms with van der Waals surface area (Å²) in [5, 5.41) is 15.8. The number of anilines is 3. The van der Waals surface area contributed by atoms with Crippen LogP contribution < -0.4 is 15.5 Å². The van der Waals surface area contributed by atoms with Crippen molar-refractivity contribution in [3.8, 4) is 11.1 Å². The van der Waals surface area contributed by atoms with E-state index in [1.807, 2.05) is 49.4 Å². The van der Waals surface area contributed by atoms with E-state index in [0.29, 0.717) is 34.3 Å². The minimum Gasteiger partial charge on any atom is -0.478 e. The van der Waals surface area contributed by atoms with Gasteiger partial charge in [-0.3, -0.25) is 0 Å². The average Bonchev–Trinajstić information content (AvgIpc) is 2.79. The molecule has 0 spiro atoms. The second kappa shape index (κ2) is 12.0. The van der Waals surface area contributed by atoms with E-state index in [2.05, 4.69) is 43.2 Å². The van der Waals surface area contributed by atoms with E-state index < -0.39 is 5.97 Å². The van der Waals surface area contributed by atoms with Crippen molar-refractivity contribution in [1.29, 1.82) is 0 Å². The number of rotatable bonds is 9. The summed E-state index contributed by atoms with van der Waals surface area (Å²) in [7, 11) is 0. The minimum atomic E-state index is -1.10. The molecule has 0 atom stereocenters. The zero-order valence-corrected chi connectivity index (χ0v) is 22.2. The van der Waals surface area contributed by atoms with E-state index in [9.17, 15) is 14.7 Å². The van der Waals surface area contributed by atoms with Crippen LogP contribution in [0.15, 0.2) is 60.7 Å². The van der Waals surface area contributed by atoms with Crippen LogP contribution in [0, 0.1) is 18.8 Å². The summed E-state index contributed by atoms with van der Waals surface area (Å²) in [5.41, 5.74) is 4.42. The van der Waals surface area contributed by atoms with Crippen molar-refractivity contribution in [3.63, 3.8) is 0 Å². The van der Waals surface area contributed by atoms with Crippen molar-refractivity contribution >= 4 is 40.7 Å². The van der Waals surface area contributed by atoms with Crippen molar-refractivity contribution in [3.05, 3.63) is 76.8 Å². The van der Waals surface area contributed by atoms with Crippen LogP contribution in [0.2, 0.25) is 5.02 Å². The molecule has 3 N–H and O–H groups in total. The first-order valence-corrected chi connectivity index (χ1v) is 12.5. The maximum atomic E-state index is 13.0. The third-order valence-electron chi connectivity index (χ3n) is 5.60. The van der Waals surface area contributed by atoms with E-state index in [0.717, 1.165) is 24.3 Å². The summed E-state index contributed by atoms with van der Waals surface area (Å²) >= 11 is 6.23. The molecule has 0 fully saturated rings. The highest BCUT2D eigenvalue weighted by molar-refractivity contribution is 6.34. The Bertz CT molecular complexity index is 1210. The van der Waals surface area contributed by atoms with E-state index in [1.54, 1.807) is 18.2 Å². The Morgan fingerprint density at radius 2 is 1.56 bits per heavy atom. The Labute approximate surface area is 218 Å². The number of nitrogens with one attached hydrogen (secondary N) is 2. The molecular formula is C29H34ClN3O3. The van der Waals surface area contributed by atoms with Gasteiger partial charge in [0, 0.05) is 18.8 Å². The van der Waals surface area contributed by atoms with Gasteiger partial charge < -0.3 is 20.6 Å². The van der Waals surface area contributed by atoms with Crippen molar-refractivity contribution in [2.45, 2.75) is 34.6 Å². The summed E-state index contributed by atoms with van der Waals surface area (Å²) < 4.78 is 0. The fourth-order valence-electron chi connectivity index (χ4n) is 4.14. The Morgan fingerprint density at radius 1 is 0.917 bits per heavy atom. The molecule has 7 heteroatoms. The number of nitrogens with zero attached hydrogens (tertiary/aromatic N) is 1. The van der Waals surface area contributed by atoms with Crippen LogP contribution in [0.1, 0.15) is 43.6 Å². The fraction of sp³-hybridized carbons (Fsp3) is 0.310. The number of hydrogen-bond acceptors (Lipinski definition) is 3. The summed E-state index contributed by atoms with van der Waals surface area (Å²) in [6, 6.07) is 17.8. The van der Waals surface area contributed by atoms with Gasteiger partial charge in [-0.25, -0.2) is 9.59 Å². The zero-order valence-electron chi connectivity index (χ0n) is 21.4. The molecule has 0 saturated carbocycles. The smallest absolute Gasteiger partial charge is 0.337 e. The molecule has 0 unspecified atom stereocenters. The molecule has 0 aliphatic carbocycles. The van der Waals surface area contributed by atoms with Gasteiger partial charge in [0.15, 0.2) is 0 Å².